The predicted octanol–water partition coefficient (Wildman–Crippen LogP) is 4.02. The summed E-state index contributed by atoms with van der Waals surface area (Å²) in [5, 5.41) is 4.09. The quantitative estimate of drug-likeness (QED) is 0.872. The first-order valence-corrected chi connectivity index (χ1v) is 7.27. The van der Waals surface area contributed by atoms with E-state index in [0.717, 1.165) is 23.5 Å². The van der Waals surface area contributed by atoms with Crippen molar-refractivity contribution in [1.29, 1.82) is 0 Å². The summed E-state index contributed by atoms with van der Waals surface area (Å²) in [6, 6.07) is 14.1. The number of hydrogen-bond acceptors (Lipinski definition) is 3. The molecule has 0 heterocycles. The Labute approximate surface area is 131 Å². The minimum Gasteiger partial charge on any atom is -0.496 e. The molecule has 2 aromatic carbocycles. The van der Waals surface area contributed by atoms with Gasteiger partial charge < -0.3 is 15.0 Å². The van der Waals surface area contributed by atoms with Crippen LogP contribution >= 0.6 is 11.6 Å². The smallest absolute Gasteiger partial charge is 0.125 e. The van der Waals surface area contributed by atoms with Crippen molar-refractivity contribution in [3.63, 3.8) is 0 Å². The van der Waals surface area contributed by atoms with E-state index in [1.165, 1.54) is 5.56 Å². The first-order chi connectivity index (χ1) is 10.1. The Morgan fingerprint density at radius 2 is 1.81 bits per heavy atom. The molecule has 2 aromatic rings. The van der Waals surface area contributed by atoms with E-state index >= 15 is 0 Å². The Hall–Kier alpha value is -1.71. The van der Waals surface area contributed by atoms with Crippen LogP contribution in [0.5, 0.6) is 5.75 Å². The number of halogens is 1. The van der Waals surface area contributed by atoms with Crippen molar-refractivity contribution in [3.8, 4) is 5.75 Å². The number of nitrogens with zero attached hydrogens (tertiary/aromatic N) is 1. The third-order valence-electron chi connectivity index (χ3n) is 3.22. The second-order valence-corrected chi connectivity index (χ2v) is 5.62. The largest absolute Gasteiger partial charge is 0.496 e. The second kappa shape index (κ2) is 7.34. The van der Waals surface area contributed by atoms with Gasteiger partial charge in [-0.1, -0.05) is 29.8 Å². The molecule has 112 valence electrons. The molecule has 0 saturated heterocycles. The molecule has 0 amide bonds. The van der Waals surface area contributed by atoms with Gasteiger partial charge in [0.1, 0.15) is 5.75 Å². The molecular formula is C17H21ClN2O. The zero-order valence-corrected chi connectivity index (χ0v) is 13.4. The summed E-state index contributed by atoms with van der Waals surface area (Å²) in [5.74, 6) is 0.805. The molecule has 0 bridgehead atoms. The van der Waals surface area contributed by atoms with Crippen LogP contribution in [-0.4, -0.2) is 26.1 Å². The van der Waals surface area contributed by atoms with E-state index in [2.05, 4.69) is 48.6 Å². The number of ether oxygens (including phenoxy) is 1. The number of nitrogens with one attached hydrogen (secondary N) is 1. The Kier molecular flexibility index (Phi) is 5.48. The molecule has 21 heavy (non-hydrogen) atoms. The van der Waals surface area contributed by atoms with Crippen molar-refractivity contribution >= 4 is 17.3 Å². The van der Waals surface area contributed by atoms with Crippen molar-refractivity contribution in [2.45, 2.75) is 13.1 Å². The number of anilines is 1. The van der Waals surface area contributed by atoms with Gasteiger partial charge in [-0.3, -0.25) is 0 Å². The molecule has 0 aromatic heterocycles. The van der Waals surface area contributed by atoms with Gasteiger partial charge in [-0.05, 0) is 43.9 Å². The summed E-state index contributed by atoms with van der Waals surface area (Å²) in [7, 11) is 5.79. The Morgan fingerprint density at radius 1 is 1.10 bits per heavy atom. The van der Waals surface area contributed by atoms with Crippen molar-refractivity contribution < 1.29 is 4.74 Å². The molecule has 2 rings (SSSR count). The van der Waals surface area contributed by atoms with Gasteiger partial charge in [-0.15, -0.1) is 0 Å². The summed E-state index contributed by atoms with van der Waals surface area (Å²) in [5.41, 5.74) is 3.33. The lowest BCUT2D eigenvalue weighted by Crippen LogP contribution is -2.10. The van der Waals surface area contributed by atoms with Gasteiger partial charge in [0.15, 0.2) is 0 Å². The fraction of sp³-hybridized carbons (Fsp3) is 0.294. The number of benzene rings is 2. The summed E-state index contributed by atoms with van der Waals surface area (Å²) < 4.78 is 5.35. The zero-order valence-electron chi connectivity index (χ0n) is 12.7. The Morgan fingerprint density at radius 3 is 2.43 bits per heavy atom. The van der Waals surface area contributed by atoms with Crippen LogP contribution in [0, 0.1) is 0 Å². The van der Waals surface area contributed by atoms with Gasteiger partial charge in [0, 0.05) is 29.4 Å². The molecule has 0 spiro atoms. The van der Waals surface area contributed by atoms with Gasteiger partial charge in [-0.25, -0.2) is 0 Å². The van der Waals surface area contributed by atoms with Crippen molar-refractivity contribution in [3.05, 3.63) is 58.6 Å². The van der Waals surface area contributed by atoms with E-state index < -0.39 is 0 Å². The predicted molar refractivity (Wildman–Crippen MR) is 89.2 cm³/mol. The number of rotatable bonds is 6. The summed E-state index contributed by atoms with van der Waals surface area (Å²) >= 11 is 6.23. The minimum atomic E-state index is 0.635. The third-order valence-corrected chi connectivity index (χ3v) is 3.57. The van der Waals surface area contributed by atoms with Crippen molar-refractivity contribution in [2.24, 2.45) is 0 Å². The normalized spacial score (nSPS) is 10.7. The maximum Gasteiger partial charge on any atom is 0.125 e. The van der Waals surface area contributed by atoms with Crippen LogP contribution in [0.25, 0.3) is 0 Å². The molecule has 0 aliphatic rings. The molecule has 0 radical (unpaired) electrons. The molecule has 0 aliphatic carbocycles. The molecule has 3 nitrogen and oxygen atoms in total. The van der Waals surface area contributed by atoms with E-state index in [4.69, 9.17) is 16.3 Å². The topological polar surface area (TPSA) is 24.5 Å². The van der Waals surface area contributed by atoms with Crippen molar-refractivity contribution in [2.75, 3.05) is 26.5 Å². The maximum atomic E-state index is 6.23. The molecule has 1 N–H and O–H groups in total. The molecular weight excluding hydrogens is 284 g/mol. The van der Waals surface area contributed by atoms with Crippen LogP contribution in [0.15, 0.2) is 42.5 Å². The highest BCUT2D eigenvalue weighted by Crippen LogP contribution is 2.27. The lowest BCUT2D eigenvalue weighted by molar-refractivity contribution is 0.402. The van der Waals surface area contributed by atoms with E-state index in [-0.39, 0.29) is 0 Å². The fourth-order valence-electron chi connectivity index (χ4n) is 2.19. The third kappa shape index (κ3) is 4.38. The minimum absolute atomic E-state index is 0.635. The average Bonchev–Trinajstić information content (AvgIpc) is 2.46. The highest BCUT2D eigenvalue weighted by Gasteiger charge is 2.07. The van der Waals surface area contributed by atoms with Crippen LogP contribution in [-0.2, 0) is 13.1 Å². The highest BCUT2D eigenvalue weighted by atomic mass is 35.5. The Balaban J connectivity index is 2.03. The summed E-state index contributed by atoms with van der Waals surface area (Å²) in [4.78, 5) is 2.15. The van der Waals surface area contributed by atoms with Crippen LogP contribution in [0.1, 0.15) is 11.1 Å². The van der Waals surface area contributed by atoms with E-state index in [1.54, 1.807) is 7.11 Å². The first-order valence-electron chi connectivity index (χ1n) is 6.89. The number of hydrogen-bond donors (Lipinski definition) is 1. The summed E-state index contributed by atoms with van der Waals surface area (Å²) in [6.45, 7) is 1.58. The van der Waals surface area contributed by atoms with Gasteiger partial charge in [0.2, 0.25) is 0 Å². The molecule has 0 atom stereocenters. The van der Waals surface area contributed by atoms with Crippen molar-refractivity contribution in [1.82, 2.24) is 4.90 Å². The van der Waals surface area contributed by atoms with Crippen LogP contribution in [0.2, 0.25) is 5.02 Å². The zero-order chi connectivity index (χ0) is 15.2. The van der Waals surface area contributed by atoms with Crippen LogP contribution < -0.4 is 10.1 Å². The molecule has 4 heteroatoms. The standard InChI is InChI=1S/C17H21ClN2O/c1-20(2)12-13-7-9-14(10-8-13)19-11-15-16(18)5-4-6-17(15)21-3/h4-10,19H,11-12H2,1-3H3. The number of methoxy groups -OCH3 is 1. The molecule has 0 aliphatic heterocycles. The molecule has 0 fully saturated rings. The first kappa shape index (κ1) is 15.7. The highest BCUT2D eigenvalue weighted by molar-refractivity contribution is 6.31. The van der Waals surface area contributed by atoms with Crippen LogP contribution in [0.4, 0.5) is 5.69 Å². The van der Waals surface area contributed by atoms with Crippen LogP contribution in [0.3, 0.4) is 0 Å². The Bertz CT molecular complexity index is 582. The molecule has 0 unspecified atom stereocenters. The SMILES string of the molecule is COc1cccc(Cl)c1CNc1ccc(CN(C)C)cc1. The average molecular weight is 305 g/mol. The van der Waals surface area contributed by atoms with Gasteiger partial charge in [0.05, 0.1) is 7.11 Å². The fourth-order valence-corrected chi connectivity index (χ4v) is 2.42. The van der Waals surface area contributed by atoms with E-state index in [0.29, 0.717) is 11.6 Å². The van der Waals surface area contributed by atoms with Gasteiger partial charge >= 0.3 is 0 Å². The van der Waals surface area contributed by atoms with E-state index in [9.17, 15) is 0 Å². The maximum absolute atomic E-state index is 6.23. The lowest BCUT2D eigenvalue weighted by atomic mass is 10.1. The molecule has 0 saturated carbocycles. The monoisotopic (exact) mass is 304 g/mol. The lowest BCUT2D eigenvalue weighted by Gasteiger charge is -2.13. The second-order valence-electron chi connectivity index (χ2n) is 5.21. The van der Waals surface area contributed by atoms with Gasteiger partial charge in [0.25, 0.3) is 0 Å². The van der Waals surface area contributed by atoms with Gasteiger partial charge in [-0.2, -0.15) is 0 Å². The summed E-state index contributed by atoms with van der Waals surface area (Å²) in [6.07, 6.45) is 0. The van der Waals surface area contributed by atoms with E-state index in [1.807, 2.05) is 18.2 Å².